The van der Waals surface area contributed by atoms with Crippen LogP contribution in [-0.2, 0) is 15.0 Å². The van der Waals surface area contributed by atoms with Crippen LogP contribution in [0.1, 0.15) is 32.8 Å². The average molecular weight is 415 g/mol. The van der Waals surface area contributed by atoms with E-state index in [-0.39, 0.29) is 29.6 Å². The monoisotopic (exact) mass is 414 g/mol. The standard InChI is InChI=1S/C21H23BrN2O2/c1-21(2,3)17-6-4-5-7-18(17)23-20(26)14-12-19(25)24(13-14)16-10-8-15(22)9-11-16/h4-11,14H,12-13H2,1-3H3,(H,23,26). The minimum atomic E-state index is -0.348. The largest absolute Gasteiger partial charge is 0.326 e. The SMILES string of the molecule is CC(C)(C)c1ccccc1NC(=O)C1CC(=O)N(c2ccc(Br)cc2)C1. The molecule has 2 amide bonds. The molecule has 2 aromatic rings. The van der Waals surface area contributed by atoms with Crippen molar-refractivity contribution in [1.82, 2.24) is 0 Å². The van der Waals surface area contributed by atoms with E-state index in [1.165, 1.54) is 0 Å². The summed E-state index contributed by atoms with van der Waals surface area (Å²) in [4.78, 5) is 26.8. The molecule has 1 aliphatic heterocycles. The Morgan fingerprint density at radius 1 is 1.12 bits per heavy atom. The van der Waals surface area contributed by atoms with Gasteiger partial charge in [0.2, 0.25) is 11.8 Å². The molecule has 1 N–H and O–H groups in total. The fourth-order valence-electron chi connectivity index (χ4n) is 3.23. The van der Waals surface area contributed by atoms with Crippen LogP contribution in [0.4, 0.5) is 11.4 Å². The Kier molecular flexibility index (Phi) is 5.19. The van der Waals surface area contributed by atoms with E-state index in [1.807, 2.05) is 48.5 Å². The Labute approximate surface area is 162 Å². The number of nitrogens with zero attached hydrogens (tertiary/aromatic N) is 1. The lowest BCUT2D eigenvalue weighted by atomic mass is 9.85. The number of carbonyl (C=O) groups is 2. The van der Waals surface area contributed by atoms with Crippen LogP contribution in [0.2, 0.25) is 0 Å². The van der Waals surface area contributed by atoms with E-state index in [9.17, 15) is 9.59 Å². The van der Waals surface area contributed by atoms with Crippen molar-refractivity contribution in [1.29, 1.82) is 0 Å². The predicted octanol–water partition coefficient (Wildman–Crippen LogP) is 4.74. The molecule has 0 aromatic heterocycles. The molecule has 1 fully saturated rings. The predicted molar refractivity (Wildman–Crippen MR) is 108 cm³/mol. The molecule has 1 aliphatic rings. The van der Waals surface area contributed by atoms with E-state index < -0.39 is 0 Å². The number of halogens is 1. The Morgan fingerprint density at radius 3 is 2.42 bits per heavy atom. The fourth-order valence-corrected chi connectivity index (χ4v) is 3.50. The zero-order valence-corrected chi connectivity index (χ0v) is 16.8. The van der Waals surface area contributed by atoms with Gasteiger partial charge >= 0.3 is 0 Å². The zero-order chi connectivity index (χ0) is 18.9. The third-order valence-electron chi connectivity index (χ3n) is 4.63. The van der Waals surface area contributed by atoms with Crippen LogP contribution in [0, 0.1) is 5.92 Å². The van der Waals surface area contributed by atoms with Gasteiger partial charge < -0.3 is 10.2 Å². The highest BCUT2D eigenvalue weighted by molar-refractivity contribution is 9.10. The molecule has 3 rings (SSSR count). The first-order chi connectivity index (χ1) is 12.3. The number of anilines is 2. The maximum atomic E-state index is 12.8. The van der Waals surface area contributed by atoms with E-state index in [2.05, 4.69) is 42.0 Å². The van der Waals surface area contributed by atoms with Crippen LogP contribution in [0.3, 0.4) is 0 Å². The van der Waals surface area contributed by atoms with E-state index in [4.69, 9.17) is 0 Å². The Bertz CT molecular complexity index is 825. The van der Waals surface area contributed by atoms with Crippen LogP contribution in [0.25, 0.3) is 0 Å². The minimum absolute atomic E-state index is 0.0171. The summed E-state index contributed by atoms with van der Waals surface area (Å²) in [6.07, 6.45) is 0.236. The molecule has 1 saturated heterocycles. The van der Waals surface area contributed by atoms with Crippen molar-refractivity contribution in [3.05, 3.63) is 58.6 Å². The second-order valence-corrected chi connectivity index (χ2v) is 8.58. The first-order valence-electron chi connectivity index (χ1n) is 8.72. The second kappa shape index (κ2) is 7.23. The molecule has 26 heavy (non-hydrogen) atoms. The maximum absolute atomic E-state index is 12.8. The van der Waals surface area contributed by atoms with Gasteiger partial charge in [-0.25, -0.2) is 0 Å². The Hall–Kier alpha value is -2.14. The molecule has 0 saturated carbocycles. The fraction of sp³-hybridized carbons (Fsp3) is 0.333. The highest BCUT2D eigenvalue weighted by Crippen LogP contribution is 2.31. The number of benzene rings is 2. The molecule has 1 unspecified atom stereocenters. The van der Waals surface area contributed by atoms with Crippen molar-refractivity contribution in [2.75, 3.05) is 16.8 Å². The smallest absolute Gasteiger partial charge is 0.229 e. The molecule has 2 aromatic carbocycles. The van der Waals surface area contributed by atoms with Crippen molar-refractivity contribution in [2.24, 2.45) is 5.92 Å². The summed E-state index contributed by atoms with van der Waals surface area (Å²) in [7, 11) is 0. The first kappa shape index (κ1) is 18.6. The molecule has 136 valence electrons. The third kappa shape index (κ3) is 3.98. The lowest BCUT2D eigenvalue weighted by Gasteiger charge is -2.23. The number of hydrogen-bond acceptors (Lipinski definition) is 2. The second-order valence-electron chi connectivity index (χ2n) is 7.67. The van der Waals surface area contributed by atoms with E-state index in [0.717, 1.165) is 21.4 Å². The molecule has 0 bridgehead atoms. The molecular formula is C21H23BrN2O2. The summed E-state index contributed by atoms with van der Waals surface area (Å²) in [5.41, 5.74) is 2.66. The average Bonchev–Trinajstić information content (AvgIpc) is 2.97. The minimum Gasteiger partial charge on any atom is -0.326 e. The van der Waals surface area contributed by atoms with Crippen molar-refractivity contribution in [3.63, 3.8) is 0 Å². The van der Waals surface area contributed by atoms with E-state index in [0.29, 0.717) is 6.54 Å². The lowest BCUT2D eigenvalue weighted by Crippen LogP contribution is -2.28. The van der Waals surface area contributed by atoms with E-state index in [1.54, 1.807) is 4.90 Å². The molecular weight excluding hydrogens is 392 g/mol. The number of amides is 2. The van der Waals surface area contributed by atoms with Gasteiger partial charge in [0.1, 0.15) is 0 Å². The quantitative estimate of drug-likeness (QED) is 0.788. The van der Waals surface area contributed by atoms with Crippen molar-refractivity contribution in [3.8, 4) is 0 Å². The van der Waals surface area contributed by atoms with Gasteiger partial charge in [-0.15, -0.1) is 0 Å². The number of rotatable bonds is 3. The van der Waals surface area contributed by atoms with Gasteiger partial charge in [-0.3, -0.25) is 9.59 Å². The maximum Gasteiger partial charge on any atom is 0.229 e. The molecule has 0 aliphatic carbocycles. The van der Waals surface area contributed by atoms with E-state index >= 15 is 0 Å². The number of carbonyl (C=O) groups excluding carboxylic acids is 2. The Balaban J connectivity index is 1.74. The highest BCUT2D eigenvalue weighted by atomic mass is 79.9. The number of hydrogen-bond donors (Lipinski definition) is 1. The molecule has 4 nitrogen and oxygen atoms in total. The van der Waals surface area contributed by atoms with Crippen LogP contribution >= 0.6 is 15.9 Å². The lowest BCUT2D eigenvalue weighted by molar-refractivity contribution is -0.122. The molecule has 0 spiro atoms. The third-order valence-corrected chi connectivity index (χ3v) is 5.16. The van der Waals surface area contributed by atoms with Gasteiger partial charge in [-0.1, -0.05) is 54.9 Å². The van der Waals surface area contributed by atoms with Gasteiger partial charge in [-0.2, -0.15) is 0 Å². The van der Waals surface area contributed by atoms with Crippen LogP contribution in [0.15, 0.2) is 53.0 Å². The summed E-state index contributed by atoms with van der Waals surface area (Å²) < 4.78 is 0.959. The molecule has 1 heterocycles. The van der Waals surface area contributed by atoms with Crippen molar-refractivity contribution in [2.45, 2.75) is 32.6 Å². The van der Waals surface area contributed by atoms with Crippen molar-refractivity contribution >= 4 is 39.1 Å². The summed E-state index contributed by atoms with van der Waals surface area (Å²) in [5, 5.41) is 3.04. The van der Waals surface area contributed by atoms with Gasteiger partial charge in [0.15, 0.2) is 0 Å². The Morgan fingerprint density at radius 2 is 1.77 bits per heavy atom. The van der Waals surface area contributed by atoms with Crippen molar-refractivity contribution < 1.29 is 9.59 Å². The zero-order valence-electron chi connectivity index (χ0n) is 15.3. The highest BCUT2D eigenvalue weighted by Gasteiger charge is 2.35. The first-order valence-corrected chi connectivity index (χ1v) is 9.51. The van der Waals surface area contributed by atoms with Gasteiger partial charge in [0, 0.05) is 28.8 Å². The summed E-state index contributed by atoms with van der Waals surface area (Å²) in [6.45, 7) is 6.76. The van der Waals surface area contributed by atoms with Gasteiger partial charge in [-0.05, 0) is 41.3 Å². The normalized spacial score (nSPS) is 17.5. The van der Waals surface area contributed by atoms with Gasteiger partial charge in [0.05, 0.1) is 5.92 Å². The summed E-state index contributed by atoms with van der Waals surface area (Å²) >= 11 is 3.40. The number of para-hydroxylation sites is 1. The summed E-state index contributed by atoms with van der Waals surface area (Å²) in [5.74, 6) is -0.467. The summed E-state index contributed by atoms with van der Waals surface area (Å²) in [6, 6.07) is 15.4. The van der Waals surface area contributed by atoms with Crippen LogP contribution in [-0.4, -0.2) is 18.4 Å². The van der Waals surface area contributed by atoms with Crippen LogP contribution in [0.5, 0.6) is 0 Å². The number of nitrogens with one attached hydrogen (secondary N) is 1. The molecule has 1 atom stereocenters. The molecule has 5 heteroatoms. The molecule has 0 radical (unpaired) electrons. The van der Waals surface area contributed by atoms with Crippen LogP contribution < -0.4 is 10.2 Å². The topological polar surface area (TPSA) is 49.4 Å². The van der Waals surface area contributed by atoms with Gasteiger partial charge in [0.25, 0.3) is 0 Å².